The minimum Gasteiger partial charge on any atom is -0.495 e. The predicted octanol–water partition coefficient (Wildman–Crippen LogP) is 1.93. The average Bonchev–Trinajstić information content (AvgIpc) is 3.17. The lowest BCUT2D eigenvalue weighted by molar-refractivity contribution is -0.384. The number of nitro groups is 1. The zero-order chi connectivity index (χ0) is 24.8. The highest BCUT2D eigenvalue weighted by Crippen LogP contribution is 2.27. The summed E-state index contributed by atoms with van der Waals surface area (Å²) in [5.74, 6) is -3.14. The Morgan fingerprint density at radius 2 is 1.91 bits per heavy atom. The molecule has 0 spiro atoms. The summed E-state index contributed by atoms with van der Waals surface area (Å²) < 4.78 is 10.1. The fraction of sp³-hybridized carbons (Fsp3) is 0.238. The van der Waals surface area contributed by atoms with Gasteiger partial charge in [-0.2, -0.15) is 0 Å². The minimum absolute atomic E-state index is 0.0949. The van der Waals surface area contributed by atoms with Gasteiger partial charge in [-0.05, 0) is 30.3 Å². The van der Waals surface area contributed by atoms with Crippen LogP contribution in [0.15, 0.2) is 42.5 Å². The predicted molar refractivity (Wildman–Crippen MR) is 118 cm³/mol. The molecule has 13 heteroatoms. The molecule has 0 saturated carbocycles. The molecule has 12 nitrogen and oxygen atoms in total. The van der Waals surface area contributed by atoms with E-state index in [0.717, 1.165) is 17.1 Å². The highest BCUT2D eigenvalue weighted by molar-refractivity contribution is 6.31. The van der Waals surface area contributed by atoms with Crippen LogP contribution < -0.4 is 15.5 Å². The summed E-state index contributed by atoms with van der Waals surface area (Å²) in [6.45, 7) is -0.755. The fourth-order valence-corrected chi connectivity index (χ4v) is 3.29. The SMILES string of the molecule is COc1ccc(Cl)cc1NC(=O)COC(=O)[C@@H]1CC(=O)N(NC(=O)c2ccc([N+](=O)[O-])cc2)C1. The van der Waals surface area contributed by atoms with Gasteiger partial charge in [0.05, 0.1) is 30.2 Å². The van der Waals surface area contributed by atoms with Crippen LogP contribution in [0.5, 0.6) is 5.75 Å². The number of halogens is 1. The van der Waals surface area contributed by atoms with E-state index in [9.17, 15) is 29.3 Å². The molecule has 0 bridgehead atoms. The number of nitrogens with zero attached hydrogens (tertiary/aromatic N) is 2. The Kier molecular flexibility index (Phi) is 7.64. The minimum atomic E-state index is -0.891. The molecular formula is C21H19ClN4O8. The van der Waals surface area contributed by atoms with E-state index in [-0.39, 0.29) is 24.2 Å². The number of benzene rings is 2. The Balaban J connectivity index is 1.50. The number of esters is 1. The van der Waals surface area contributed by atoms with Crippen molar-refractivity contribution in [2.45, 2.75) is 6.42 Å². The highest BCUT2D eigenvalue weighted by atomic mass is 35.5. The smallest absolute Gasteiger partial charge is 0.311 e. The van der Waals surface area contributed by atoms with Crippen molar-refractivity contribution in [2.75, 3.05) is 25.6 Å². The van der Waals surface area contributed by atoms with Crippen molar-refractivity contribution in [2.24, 2.45) is 5.92 Å². The maximum absolute atomic E-state index is 12.3. The van der Waals surface area contributed by atoms with Gasteiger partial charge in [0.2, 0.25) is 5.91 Å². The van der Waals surface area contributed by atoms with Gasteiger partial charge in [-0.1, -0.05) is 11.6 Å². The number of methoxy groups -OCH3 is 1. The van der Waals surface area contributed by atoms with Crippen LogP contribution in [0.25, 0.3) is 0 Å². The van der Waals surface area contributed by atoms with Gasteiger partial charge in [-0.3, -0.25) is 39.7 Å². The Labute approximate surface area is 197 Å². The van der Waals surface area contributed by atoms with Gasteiger partial charge in [0.1, 0.15) is 5.75 Å². The van der Waals surface area contributed by atoms with E-state index in [2.05, 4.69) is 10.7 Å². The topological polar surface area (TPSA) is 157 Å². The summed E-state index contributed by atoms with van der Waals surface area (Å²) in [6, 6.07) is 9.42. The van der Waals surface area contributed by atoms with Gasteiger partial charge < -0.3 is 14.8 Å². The summed E-state index contributed by atoms with van der Waals surface area (Å²) in [6.07, 6.45) is -0.219. The summed E-state index contributed by atoms with van der Waals surface area (Å²) in [7, 11) is 1.42. The number of ether oxygens (including phenoxy) is 2. The lowest BCUT2D eigenvalue weighted by Gasteiger charge is -2.17. The number of anilines is 1. The number of carbonyl (C=O) groups is 4. The van der Waals surface area contributed by atoms with Crippen LogP contribution in [-0.2, 0) is 19.1 Å². The number of carbonyl (C=O) groups excluding carboxylic acids is 4. The van der Waals surface area contributed by atoms with Crippen molar-refractivity contribution in [1.82, 2.24) is 10.4 Å². The van der Waals surface area contributed by atoms with E-state index in [0.29, 0.717) is 16.5 Å². The Morgan fingerprint density at radius 1 is 1.21 bits per heavy atom. The quantitative estimate of drug-likeness (QED) is 0.323. The summed E-state index contributed by atoms with van der Waals surface area (Å²) in [4.78, 5) is 59.1. The molecule has 1 heterocycles. The molecule has 1 fully saturated rings. The van der Waals surface area contributed by atoms with Crippen LogP contribution in [0.3, 0.4) is 0 Å². The number of rotatable bonds is 8. The van der Waals surface area contributed by atoms with E-state index in [1.54, 1.807) is 12.1 Å². The van der Waals surface area contributed by atoms with Crippen molar-refractivity contribution in [3.8, 4) is 5.75 Å². The molecule has 3 amide bonds. The molecular weight excluding hydrogens is 472 g/mol. The summed E-state index contributed by atoms with van der Waals surface area (Å²) >= 11 is 5.91. The second-order valence-corrected chi connectivity index (χ2v) is 7.59. The first-order valence-electron chi connectivity index (χ1n) is 9.83. The molecule has 1 aliphatic rings. The van der Waals surface area contributed by atoms with Gasteiger partial charge in [0.15, 0.2) is 6.61 Å². The zero-order valence-corrected chi connectivity index (χ0v) is 18.5. The number of non-ortho nitro benzene ring substituents is 1. The molecule has 2 aromatic rings. The van der Waals surface area contributed by atoms with Gasteiger partial charge in [0.25, 0.3) is 17.5 Å². The number of hydrogen-bond donors (Lipinski definition) is 2. The first kappa shape index (κ1) is 24.5. The van der Waals surface area contributed by atoms with Crippen molar-refractivity contribution in [3.05, 3.63) is 63.2 Å². The Morgan fingerprint density at radius 3 is 2.56 bits per heavy atom. The number of hydrazine groups is 1. The maximum Gasteiger partial charge on any atom is 0.311 e. The molecule has 2 N–H and O–H groups in total. The van der Waals surface area contributed by atoms with Crippen molar-refractivity contribution in [1.29, 1.82) is 0 Å². The molecule has 34 heavy (non-hydrogen) atoms. The molecule has 0 radical (unpaired) electrons. The Bertz CT molecular complexity index is 1140. The standard InChI is InChI=1S/C21H19ClN4O8/c1-33-17-7-4-14(22)9-16(17)23-18(27)11-34-21(30)13-8-19(28)25(10-13)24-20(29)12-2-5-15(6-3-12)26(31)32/h2-7,9,13H,8,10-11H2,1H3,(H,23,27)(H,24,29)/t13-/m1/s1. The third kappa shape index (κ3) is 5.98. The van der Waals surface area contributed by atoms with Crippen LogP contribution in [0.1, 0.15) is 16.8 Å². The number of amides is 3. The monoisotopic (exact) mass is 490 g/mol. The average molecular weight is 491 g/mol. The molecule has 1 saturated heterocycles. The third-order valence-electron chi connectivity index (χ3n) is 4.82. The van der Waals surface area contributed by atoms with Crippen LogP contribution in [0.4, 0.5) is 11.4 Å². The molecule has 0 unspecified atom stereocenters. The fourth-order valence-electron chi connectivity index (χ4n) is 3.11. The first-order chi connectivity index (χ1) is 16.2. The van der Waals surface area contributed by atoms with E-state index in [1.807, 2.05) is 0 Å². The molecule has 2 aromatic carbocycles. The zero-order valence-electron chi connectivity index (χ0n) is 17.8. The first-order valence-corrected chi connectivity index (χ1v) is 10.2. The molecule has 0 aromatic heterocycles. The Hall–Kier alpha value is -4.19. The number of nitro benzene ring substituents is 1. The molecule has 178 valence electrons. The lowest BCUT2D eigenvalue weighted by atomic mass is 10.1. The van der Waals surface area contributed by atoms with Gasteiger partial charge >= 0.3 is 5.97 Å². The van der Waals surface area contributed by atoms with Gasteiger partial charge in [-0.15, -0.1) is 0 Å². The van der Waals surface area contributed by atoms with Gasteiger partial charge in [0, 0.05) is 29.1 Å². The van der Waals surface area contributed by atoms with Crippen LogP contribution >= 0.6 is 11.6 Å². The molecule has 3 rings (SSSR count). The molecule has 0 aliphatic carbocycles. The second-order valence-electron chi connectivity index (χ2n) is 7.15. The summed E-state index contributed by atoms with van der Waals surface area (Å²) in [5.41, 5.74) is 2.56. The van der Waals surface area contributed by atoms with Crippen molar-refractivity contribution in [3.63, 3.8) is 0 Å². The van der Waals surface area contributed by atoms with E-state index >= 15 is 0 Å². The maximum atomic E-state index is 12.3. The van der Waals surface area contributed by atoms with E-state index in [4.69, 9.17) is 21.1 Å². The second kappa shape index (κ2) is 10.6. The van der Waals surface area contributed by atoms with E-state index < -0.39 is 41.1 Å². The third-order valence-corrected chi connectivity index (χ3v) is 5.05. The van der Waals surface area contributed by atoms with Crippen LogP contribution in [-0.4, -0.2) is 53.9 Å². The highest BCUT2D eigenvalue weighted by Gasteiger charge is 2.36. The lowest BCUT2D eigenvalue weighted by Crippen LogP contribution is -2.43. The normalized spacial score (nSPS) is 14.9. The number of hydrogen-bond acceptors (Lipinski definition) is 8. The van der Waals surface area contributed by atoms with E-state index in [1.165, 1.54) is 25.3 Å². The molecule has 1 aliphatic heterocycles. The van der Waals surface area contributed by atoms with Crippen LogP contribution in [0, 0.1) is 16.0 Å². The summed E-state index contributed by atoms with van der Waals surface area (Å²) in [5, 5.41) is 14.6. The van der Waals surface area contributed by atoms with Crippen LogP contribution in [0.2, 0.25) is 5.02 Å². The largest absolute Gasteiger partial charge is 0.495 e. The van der Waals surface area contributed by atoms with Gasteiger partial charge in [-0.25, -0.2) is 0 Å². The van der Waals surface area contributed by atoms with Crippen molar-refractivity contribution < 1.29 is 33.6 Å². The number of nitrogens with one attached hydrogen (secondary N) is 2. The molecule has 1 atom stereocenters. The van der Waals surface area contributed by atoms with Crippen molar-refractivity contribution >= 4 is 46.7 Å².